The molecule has 0 spiro atoms. The summed E-state index contributed by atoms with van der Waals surface area (Å²) in [5.74, 6) is 0. The molecular formula is C22H30N4O4S. The molecule has 0 atom stereocenters. The molecule has 9 heteroatoms. The molecule has 2 aliphatic rings. The fourth-order valence-electron chi connectivity index (χ4n) is 4.24. The van der Waals surface area contributed by atoms with Crippen molar-refractivity contribution in [3.8, 4) is 0 Å². The van der Waals surface area contributed by atoms with Crippen LogP contribution in [0.5, 0.6) is 0 Å². The smallest absolute Gasteiger partial charge is 0.410 e. The number of carbonyl (C=O) groups excluding carboxylic acids is 1. The van der Waals surface area contributed by atoms with Crippen LogP contribution in [-0.4, -0.2) is 70.7 Å². The van der Waals surface area contributed by atoms with Crippen LogP contribution in [0.25, 0.3) is 16.6 Å². The third-order valence-corrected chi connectivity index (χ3v) is 8.22. The van der Waals surface area contributed by atoms with Crippen molar-refractivity contribution in [1.29, 1.82) is 0 Å². The van der Waals surface area contributed by atoms with Crippen LogP contribution in [0.15, 0.2) is 30.6 Å². The van der Waals surface area contributed by atoms with Gasteiger partial charge in [-0.05, 0) is 63.3 Å². The first kappa shape index (κ1) is 21.8. The topological polar surface area (TPSA) is 95.6 Å². The summed E-state index contributed by atoms with van der Waals surface area (Å²) in [6.07, 6.45) is 6.81. The number of likely N-dealkylation sites (tertiary alicyclic amines) is 1. The average Bonchev–Trinajstić information content (AvgIpc) is 3.22. The Hall–Kier alpha value is -2.39. The normalized spacial score (nSPS) is 19.5. The van der Waals surface area contributed by atoms with Gasteiger partial charge in [-0.15, -0.1) is 0 Å². The maximum Gasteiger partial charge on any atom is 0.410 e. The fourth-order valence-corrected chi connectivity index (χ4v) is 6.10. The summed E-state index contributed by atoms with van der Waals surface area (Å²) in [5, 5.41) is 0.595. The van der Waals surface area contributed by atoms with Gasteiger partial charge in [0.15, 0.2) is 0 Å². The number of fused-ring (bicyclic) bond motifs is 1. The highest BCUT2D eigenvalue weighted by Gasteiger charge is 2.37. The maximum absolute atomic E-state index is 13.2. The predicted octanol–water partition coefficient (Wildman–Crippen LogP) is 3.38. The summed E-state index contributed by atoms with van der Waals surface area (Å²) >= 11 is 0. The zero-order chi connectivity index (χ0) is 22.2. The van der Waals surface area contributed by atoms with Gasteiger partial charge in [0.25, 0.3) is 0 Å². The van der Waals surface area contributed by atoms with Crippen molar-refractivity contribution in [2.75, 3.05) is 26.2 Å². The third-order valence-electron chi connectivity index (χ3n) is 5.85. The van der Waals surface area contributed by atoms with Gasteiger partial charge in [-0.1, -0.05) is 6.08 Å². The molecule has 8 nitrogen and oxygen atoms in total. The Balaban J connectivity index is 1.39. The highest BCUT2D eigenvalue weighted by molar-refractivity contribution is 7.89. The highest BCUT2D eigenvalue weighted by atomic mass is 32.2. The summed E-state index contributed by atoms with van der Waals surface area (Å²) in [5.41, 5.74) is 2.54. The second-order valence-corrected chi connectivity index (χ2v) is 11.4. The molecule has 0 saturated carbocycles. The Morgan fingerprint density at radius 2 is 1.94 bits per heavy atom. The van der Waals surface area contributed by atoms with Gasteiger partial charge in [0.05, 0.1) is 5.25 Å². The van der Waals surface area contributed by atoms with Crippen molar-refractivity contribution >= 4 is 32.7 Å². The van der Waals surface area contributed by atoms with Crippen molar-refractivity contribution < 1.29 is 17.9 Å². The summed E-state index contributed by atoms with van der Waals surface area (Å²) in [6.45, 7) is 7.12. The van der Waals surface area contributed by atoms with Crippen LogP contribution in [0.4, 0.5) is 4.79 Å². The molecule has 1 N–H and O–H groups in total. The third kappa shape index (κ3) is 4.62. The fraction of sp³-hybridized carbons (Fsp3) is 0.545. The largest absolute Gasteiger partial charge is 0.444 e. The molecule has 0 aliphatic carbocycles. The van der Waals surface area contributed by atoms with E-state index in [1.807, 2.05) is 45.2 Å². The lowest BCUT2D eigenvalue weighted by molar-refractivity contribution is 0.0216. The Bertz CT molecular complexity index is 1090. The molecule has 1 fully saturated rings. The van der Waals surface area contributed by atoms with Gasteiger partial charge in [0, 0.05) is 44.0 Å². The van der Waals surface area contributed by atoms with E-state index in [1.54, 1.807) is 15.4 Å². The Labute approximate surface area is 183 Å². The molecule has 0 aromatic carbocycles. The monoisotopic (exact) mass is 446 g/mol. The SMILES string of the molecule is CC(C)(C)OC(=O)N1CCC(S(=O)(=O)N2CC=C(c3ccnc4[nH]ccc34)CC2)CC1. The minimum absolute atomic E-state index is 0.373. The van der Waals surface area contributed by atoms with E-state index in [1.165, 1.54) is 0 Å². The zero-order valence-electron chi connectivity index (χ0n) is 18.3. The molecule has 0 radical (unpaired) electrons. The number of aromatic amines is 1. The number of pyridine rings is 1. The van der Waals surface area contributed by atoms with Crippen LogP contribution in [0.1, 0.15) is 45.6 Å². The number of amides is 1. The van der Waals surface area contributed by atoms with Crippen molar-refractivity contribution in [1.82, 2.24) is 19.2 Å². The maximum atomic E-state index is 13.2. The minimum Gasteiger partial charge on any atom is -0.444 e. The van der Waals surface area contributed by atoms with Gasteiger partial charge < -0.3 is 14.6 Å². The predicted molar refractivity (Wildman–Crippen MR) is 120 cm³/mol. The van der Waals surface area contributed by atoms with Gasteiger partial charge in [0.1, 0.15) is 11.2 Å². The molecular weight excluding hydrogens is 416 g/mol. The quantitative estimate of drug-likeness (QED) is 0.780. The van der Waals surface area contributed by atoms with Gasteiger partial charge in [-0.25, -0.2) is 18.2 Å². The van der Waals surface area contributed by atoms with Crippen molar-refractivity contribution in [3.63, 3.8) is 0 Å². The van der Waals surface area contributed by atoms with Crippen LogP contribution in [0.3, 0.4) is 0 Å². The first-order chi connectivity index (χ1) is 14.6. The first-order valence-corrected chi connectivity index (χ1v) is 12.2. The molecule has 2 aliphatic heterocycles. The number of H-pyrrole nitrogens is 1. The van der Waals surface area contributed by atoms with Gasteiger partial charge in [-0.3, -0.25) is 0 Å². The molecule has 2 aromatic rings. The minimum atomic E-state index is -3.42. The summed E-state index contributed by atoms with van der Waals surface area (Å²) in [4.78, 5) is 21.3. The van der Waals surface area contributed by atoms with E-state index in [4.69, 9.17) is 4.74 Å². The molecule has 4 heterocycles. The number of aromatic nitrogens is 2. The number of nitrogens with one attached hydrogen (secondary N) is 1. The molecule has 31 heavy (non-hydrogen) atoms. The number of hydrogen-bond acceptors (Lipinski definition) is 5. The second-order valence-electron chi connectivity index (χ2n) is 9.15. The lowest BCUT2D eigenvalue weighted by atomic mass is 9.99. The number of rotatable bonds is 3. The van der Waals surface area contributed by atoms with Crippen LogP contribution >= 0.6 is 0 Å². The lowest BCUT2D eigenvalue weighted by Gasteiger charge is -2.36. The standard InChI is InChI=1S/C22H30N4O4S/c1-22(2,3)30-21(27)25-12-8-17(9-13-25)31(28,29)26-14-6-16(7-15-26)18-4-10-23-20-19(18)5-11-24-20/h4-6,10-11,17H,7-9,12-15H2,1-3H3,(H,23,24). The average molecular weight is 447 g/mol. The molecule has 0 unspecified atom stereocenters. The van der Waals surface area contributed by atoms with Crippen LogP contribution in [0, 0.1) is 0 Å². The number of piperidine rings is 1. The molecule has 4 rings (SSSR count). The van der Waals surface area contributed by atoms with E-state index in [0.29, 0.717) is 45.4 Å². The highest BCUT2D eigenvalue weighted by Crippen LogP contribution is 2.30. The van der Waals surface area contributed by atoms with E-state index in [0.717, 1.165) is 22.2 Å². The molecule has 2 aromatic heterocycles. The molecule has 1 amide bonds. The number of nitrogens with zero attached hydrogens (tertiary/aromatic N) is 3. The van der Waals surface area contributed by atoms with Crippen molar-refractivity contribution in [2.45, 2.75) is 50.9 Å². The summed E-state index contributed by atoms with van der Waals surface area (Å²) in [6, 6.07) is 3.98. The van der Waals surface area contributed by atoms with E-state index in [2.05, 4.69) is 9.97 Å². The Morgan fingerprint density at radius 3 is 2.58 bits per heavy atom. The van der Waals surface area contributed by atoms with Crippen LogP contribution in [-0.2, 0) is 14.8 Å². The van der Waals surface area contributed by atoms with Crippen LogP contribution < -0.4 is 0 Å². The lowest BCUT2D eigenvalue weighted by Crippen LogP contribution is -2.48. The van der Waals surface area contributed by atoms with Crippen molar-refractivity contribution in [2.24, 2.45) is 0 Å². The molecule has 1 saturated heterocycles. The van der Waals surface area contributed by atoms with E-state index in [-0.39, 0.29) is 6.09 Å². The molecule has 168 valence electrons. The second kappa shape index (κ2) is 8.27. The van der Waals surface area contributed by atoms with E-state index < -0.39 is 20.9 Å². The number of carbonyl (C=O) groups is 1. The van der Waals surface area contributed by atoms with Gasteiger partial charge >= 0.3 is 6.09 Å². The number of sulfonamides is 1. The zero-order valence-corrected chi connectivity index (χ0v) is 19.1. The summed E-state index contributed by atoms with van der Waals surface area (Å²) < 4.78 is 33.4. The summed E-state index contributed by atoms with van der Waals surface area (Å²) in [7, 11) is -3.42. The van der Waals surface area contributed by atoms with Crippen molar-refractivity contribution in [3.05, 3.63) is 36.2 Å². The van der Waals surface area contributed by atoms with E-state index in [9.17, 15) is 13.2 Å². The van der Waals surface area contributed by atoms with Gasteiger partial charge in [0.2, 0.25) is 10.0 Å². The Morgan fingerprint density at radius 1 is 1.19 bits per heavy atom. The number of ether oxygens (including phenoxy) is 1. The number of hydrogen-bond donors (Lipinski definition) is 1. The van der Waals surface area contributed by atoms with Gasteiger partial charge in [-0.2, -0.15) is 4.31 Å². The van der Waals surface area contributed by atoms with E-state index >= 15 is 0 Å². The molecule has 0 bridgehead atoms. The Kier molecular flexibility index (Phi) is 5.83. The van der Waals surface area contributed by atoms with Crippen LogP contribution in [0.2, 0.25) is 0 Å². The first-order valence-electron chi connectivity index (χ1n) is 10.7.